The molecule has 2 aromatic carbocycles. The highest BCUT2D eigenvalue weighted by atomic mass is 16.5. The van der Waals surface area contributed by atoms with Crippen LogP contribution in [0.25, 0.3) is 0 Å². The number of carbonyl (C=O) groups excluding carboxylic acids is 4. The van der Waals surface area contributed by atoms with Crippen LogP contribution >= 0.6 is 0 Å². The lowest BCUT2D eigenvalue weighted by molar-refractivity contribution is -0.139. The molecule has 0 spiro atoms. The summed E-state index contributed by atoms with van der Waals surface area (Å²) in [7, 11) is 2.74. The Balaban J connectivity index is 1.88. The van der Waals surface area contributed by atoms with Crippen molar-refractivity contribution in [2.45, 2.75) is 13.8 Å². The molecule has 0 radical (unpaired) electrons. The summed E-state index contributed by atoms with van der Waals surface area (Å²) in [6.07, 6.45) is 0. The van der Waals surface area contributed by atoms with Gasteiger partial charge in [0.2, 0.25) is 5.91 Å². The molecule has 0 aliphatic carbocycles. The van der Waals surface area contributed by atoms with Gasteiger partial charge in [0.1, 0.15) is 13.1 Å². The summed E-state index contributed by atoms with van der Waals surface area (Å²) in [5.74, 6) is -1.31. The Kier molecular flexibility index (Phi) is 8.13. The van der Waals surface area contributed by atoms with Crippen LogP contribution in [0.3, 0.4) is 0 Å². The van der Waals surface area contributed by atoms with Gasteiger partial charge in [-0.1, -0.05) is 18.2 Å². The van der Waals surface area contributed by atoms with Gasteiger partial charge in [-0.3, -0.25) is 14.4 Å². The van der Waals surface area contributed by atoms with E-state index in [2.05, 4.69) is 20.7 Å². The summed E-state index contributed by atoms with van der Waals surface area (Å²) in [5, 5.41) is 7.92. The highest BCUT2D eigenvalue weighted by Crippen LogP contribution is 2.19. The standard InChI is InChI=1S/C22H26N4O5/c1-14-6-5-7-15(2)20(14)25-18(27)13-26(3)22(30)24-17-10-8-16(9-11-17)21(29)23-12-19(28)31-4/h5-11H,12-13H2,1-4H3,(H,23,29)(H,24,30)(H,25,27). The maximum Gasteiger partial charge on any atom is 0.325 e. The van der Waals surface area contributed by atoms with Gasteiger partial charge in [0.05, 0.1) is 7.11 Å². The number of anilines is 2. The first-order valence-corrected chi connectivity index (χ1v) is 9.54. The number of aryl methyl sites for hydroxylation is 2. The summed E-state index contributed by atoms with van der Waals surface area (Å²) < 4.78 is 4.46. The molecule has 0 heterocycles. The molecule has 31 heavy (non-hydrogen) atoms. The lowest BCUT2D eigenvalue weighted by Crippen LogP contribution is -2.37. The normalized spacial score (nSPS) is 10.1. The zero-order valence-corrected chi connectivity index (χ0v) is 17.9. The molecule has 3 N–H and O–H groups in total. The second-order valence-electron chi connectivity index (χ2n) is 6.94. The van der Waals surface area contributed by atoms with Gasteiger partial charge in [-0.2, -0.15) is 0 Å². The second kappa shape index (κ2) is 10.8. The molecule has 0 aliphatic rings. The molecule has 0 fully saturated rings. The van der Waals surface area contributed by atoms with Gasteiger partial charge in [-0.05, 0) is 49.2 Å². The van der Waals surface area contributed by atoms with Crippen LogP contribution in [0.1, 0.15) is 21.5 Å². The molecule has 0 saturated carbocycles. The molecule has 0 bridgehead atoms. The van der Waals surface area contributed by atoms with E-state index < -0.39 is 17.9 Å². The summed E-state index contributed by atoms with van der Waals surface area (Å²) in [4.78, 5) is 49.0. The van der Waals surface area contributed by atoms with Crippen LogP contribution in [-0.4, -0.2) is 56.0 Å². The minimum Gasteiger partial charge on any atom is -0.468 e. The van der Waals surface area contributed by atoms with E-state index >= 15 is 0 Å². The Morgan fingerprint density at radius 1 is 0.935 bits per heavy atom. The van der Waals surface area contributed by atoms with Crippen LogP contribution in [0.5, 0.6) is 0 Å². The molecule has 2 rings (SSSR count). The Labute approximate surface area is 180 Å². The molecular formula is C22H26N4O5. The van der Waals surface area contributed by atoms with E-state index in [9.17, 15) is 19.2 Å². The largest absolute Gasteiger partial charge is 0.468 e. The third-order valence-electron chi connectivity index (χ3n) is 4.49. The van der Waals surface area contributed by atoms with E-state index in [0.717, 1.165) is 16.8 Å². The molecule has 4 amide bonds. The number of rotatable bonds is 7. The van der Waals surface area contributed by atoms with Crippen molar-refractivity contribution in [2.75, 3.05) is 37.9 Å². The zero-order chi connectivity index (χ0) is 23.0. The third-order valence-corrected chi connectivity index (χ3v) is 4.49. The van der Waals surface area contributed by atoms with Crippen molar-refractivity contribution >= 4 is 35.2 Å². The highest BCUT2D eigenvalue weighted by Gasteiger charge is 2.15. The van der Waals surface area contributed by atoms with Crippen molar-refractivity contribution in [1.82, 2.24) is 10.2 Å². The minimum absolute atomic E-state index is 0.131. The van der Waals surface area contributed by atoms with Crippen LogP contribution in [-0.2, 0) is 14.3 Å². The number of methoxy groups -OCH3 is 1. The molecule has 9 nitrogen and oxygen atoms in total. The van der Waals surface area contributed by atoms with E-state index in [0.29, 0.717) is 11.3 Å². The number of urea groups is 1. The summed E-state index contributed by atoms with van der Waals surface area (Å²) in [6.45, 7) is 3.44. The molecular weight excluding hydrogens is 400 g/mol. The van der Waals surface area contributed by atoms with Gasteiger partial charge in [0.15, 0.2) is 0 Å². The molecule has 0 saturated heterocycles. The van der Waals surface area contributed by atoms with Crippen LogP contribution in [0, 0.1) is 13.8 Å². The van der Waals surface area contributed by atoms with Crippen LogP contribution in [0.2, 0.25) is 0 Å². The number of ether oxygens (including phenoxy) is 1. The lowest BCUT2D eigenvalue weighted by atomic mass is 10.1. The predicted molar refractivity (Wildman–Crippen MR) is 117 cm³/mol. The van der Waals surface area contributed by atoms with Crippen molar-refractivity contribution < 1.29 is 23.9 Å². The summed E-state index contributed by atoms with van der Waals surface area (Å²) >= 11 is 0. The van der Waals surface area contributed by atoms with E-state index in [-0.39, 0.29) is 19.0 Å². The predicted octanol–water partition coefficient (Wildman–Crippen LogP) is 2.31. The fourth-order valence-electron chi connectivity index (χ4n) is 2.73. The maximum atomic E-state index is 12.4. The number of carbonyl (C=O) groups is 4. The smallest absolute Gasteiger partial charge is 0.325 e. The maximum absolute atomic E-state index is 12.4. The van der Waals surface area contributed by atoms with Gasteiger partial charge in [0.25, 0.3) is 5.91 Å². The van der Waals surface area contributed by atoms with Gasteiger partial charge in [0, 0.05) is 24.0 Å². The number of amides is 4. The first kappa shape index (κ1) is 23.4. The van der Waals surface area contributed by atoms with Gasteiger partial charge in [-0.15, -0.1) is 0 Å². The molecule has 164 valence electrons. The lowest BCUT2D eigenvalue weighted by Gasteiger charge is -2.19. The van der Waals surface area contributed by atoms with Crippen molar-refractivity contribution in [1.29, 1.82) is 0 Å². The Morgan fingerprint density at radius 3 is 2.13 bits per heavy atom. The number of hydrogen-bond donors (Lipinski definition) is 3. The average Bonchev–Trinajstić information content (AvgIpc) is 2.74. The van der Waals surface area contributed by atoms with Gasteiger partial charge in [-0.25, -0.2) is 4.79 Å². The van der Waals surface area contributed by atoms with Gasteiger partial charge < -0.3 is 25.6 Å². The van der Waals surface area contributed by atoms with E-state index in [1.54, 1.807) is 12.1 Å². The Hall–Kier alpha value is -3.88. The minimum atomic E-state index is -0.554. The van der Waals surface area contributed by atoms with Crippen molar-refractivity contribution in [3.63, 3.8) is 0 Å². The average molecular weight is 426 g/mol. The van der Waals surface area contributed by atoms with E-state index in [1.165, 1.54) is 31.2 Å². The highest BCUT2D eigenvalue weighted by molar-refractivity contribution is 5.99. The second-order valence-corrected chi connectivity index (χ2v) is 6.94. The van der Waals surface area contributed by atoms with Crippen LogP contribution in [0.4, 0.5) is 16.2 Å². The molecule has 0 aliphatic heterocycles. The fourth-order valence-corrected chi connectivity index (χ4v) is 2.73. The fraction of sp³-hybridized carbons (Fsp3) is 0.273. The zero-order valence-electron chi connectivity index (χ0n) is 17.9. The SMILES string of the molecule is COC(=O)CNC(=O)c1ccc(NC(=O)N(C)CC(=O)Nc2c(C)cccc2C)cc1. The van der Waals surface area contributed by atoms with Crippen molar-refractivity contribution in [3.8, 4) is 0 Å². The number of nitrogens with one attached hydrogen (secondary N) is 3. The first-order valence-electron chi connectivity index (χ1n) is 9.54. The van der Waals surface area contributed by atoms with E-state index in [4.69, 9.17) is 0 Å². The number of esters is 1. The van der Waals surface area contributed by atoms with E-state index in [1.807, 2.05) is 32.0 Å². The molecule has 0 atom stereocenters. The monoisotopic (exact) mass is 426 g/mol. The first-order chi connectivity index (χ1) is 14.7. The van der Waals surface area contributed by atoms with Crippen LogP contribution in [0.15, 0.2) is 42.5 Å². The van der Waals surface area contributed by atoms with Crippen molar-refractivity contribution in [2.24, 2.45) is 0 Å². The van der Waals surface area contributed by atoms with Gasteiger partial charge >= 0.3 is 12.0 Å². The quantitative estimate of drug-likeness (QED) is 0.588. The summed E-state index contributed by atoms with van der Waals surface area (Å²) in [5.41, 5.74) is 3.40. The number of likely N-dealkylation sites (N-methyl/N-ethyl adjacent to an activating group) is 1. The van der Waals surface area contributed by atoms with Crippen molar-refractivity contribution in [3.05, 3.63) is 59.2 Å². The molecule has 0 aromatic heterocycles. The molecule has 9 heteroatoms. The summed E-state index contributed by atoms with van der Waals surface area (Å²) in [6, 6.07) is 11.4. The molecule has 2 aromatic rings. The Bertz CT molecular complexity index is 952. The number of benzene rings is 2. The number of nitrogens with zero attached hydrogens (tertiary/aromatic N) is 1. The number of hydrogen-bond acceptors (Lipinski definition) is 5. The number of para-hydroxylation sites is 1. The van der Waals surface area contributed by atoms with Crippen LogP contribution < -0.4 is 16.0 Å². The Morgan fingerprint density at radius 2 is 1.55 bits per heavy atom. The topological polar surface area (TPSA) is 117 Å². The molecule has 0 unspecified atom stereocenters. The third kappa shape index (κ3) is 6.84.